The Balaban J connectivity index is 1.56. The molecule has 9 heteroatoms. The van der Waals surface area contributed by atoms with Gasteiger partial charge in [0.25, 0.3) is 0 Å². The molecule has 3 atom stereocenters. The summed E-state index contributed by atoms with van der Waals surface area (Å²) in [5.74, 6) is -3.58. The number of aryl methyl sites for hydroxylation is 1. The molecule has 1 fully saturated rings. The third-order valence-electron chi connectivity index (χ3n) is 6.17. The molecule has 1 aliphatic heterocycles. The van der Waals surface area contributed by atoms with Crippen molar-refractivity contribution in [2.24, 2.45) is 0 Å². The van der Waals surface area contributed by atoms with E-state index in [0.29, 0.717) is 24.1 Å². The van der Waals surface area contributed by atoms with Gasteiger partial charge < -0.3 is 14.9 Å². The SMILES string of the molecule is C[C@@H](OC[C@H](O)CN1CCC[C@H]1Cc1ccc(Cl)c(F)c1)c1cc(F)c(F)cc1CCC(=O)O. The van der Waals surface area contributed by atoms with Crippen LogP contribution in [-0.4, -0.2) is 52.9 Å². The van der Waals surface area contributed by atoms with Crippen LogP contribution in [-0.2, 0) is 22.4 Å². The summed E-state index contributed by atoms with van der Waals surface area (Å²) in [7, 11) is 0. The Labute approximate surface area is 202 Å². The fourth-order valence-corrected chi connectivity index (χ4v) is 4.53. The first-order valence-electron chi connectivity index (χ1n) is 11.3. The monoisotopic (exact) mass is 499 g/mol. The van der Waals surface area contributed by atoms with E-state index in [0.717, 1.165) is 37.1 Å². The number of ether oxygens (including phenoxy) is 1. The molecule has 186 valence electrons. The number of halogens is 4. The van der Waals surface area contributed by atoms with E-state index >= 15 is 0 Å². The van der Waals surface area contributed by atoms with Crippen LogP contribution in [0.1, 0.15) is 49.0 Å². The van der Waals surface area contributed by atoms with Crippen molar-refractivity contribution in [2.45, 2.75) is 57.3 Å². The molecule has 1 heterocycles. The third kappa shape index (κ3) is 7.18. The van der Waals surface area contributed by atoms with Gasteiger partial charge in [0.1, 0.15) is 5.82 Å². The van der Waals surface area contributed by atoms with E-state index in [4.69, 9.17) is 21.4 Å². The molecule has 0 unspecified atom stereocenters. The number of aliphatic hydroxyl groups is 1. The third-order valence-corrected chi connectivity index (χ3v) is 6.47. The van der Waals surface area contributed by atoms with Crippen LogP contribution in [0.2, 0.25) is 5.02 Å². The molecule has 2 aromatic carbocycles. The van der Waals surface area contributed by atoms with Gasteiger partial charge in [-0.15, -0.1) is 0 Å². The number of aliphatic carboxylic acids is 1. The number of rotatable bonds is 11. The topological polar surface area (TPSA) is 70.0 Å². The predicted octanol–water partition coefficient (Wildman–Crippen LogP) is 4.92. The van der Waals surface area contributed by atoms with E-state index in [2.05, 4.69) is 4.90 Å². The zero-order chi connectivity index (χ0) is 24.8. The second-order valence-electron chi connectivity index (χ2n) is 8.73. The summed E-state index contributed by atoms with van der Waals surface area (Å²) in [6.07, 6.45) is 0.862. The van der Waals surface area contributed by atoms with Crippen LogP contribution >= 0.6 is 11.6 Å². The molecule has 0 radical (unpaired) electrons. The van der Waals surface area contributed by atoms with Gasteiger partial charge in [-0.1, -0.05) is 17.7 Å². The van der Waals surface area contributed by atoms with Crippen molar-refractivity contribution in [1.82, 2.24) is 4.90 Å². The first kappa shape index (κ1) is 26.5. The summed E-state index contributed by atoms with van der Waals surface area (Å²) < 4.78 is 47.0. The number of aliphatic hydroxyl groups excluding tert-OH is 1. The van der Waals surface area contributed by atoms with Crippen molar-refractivity contribution in [1.29, 1.82) is 0 Å². The summed E-state index contributed by atoms with van der Waals surface area (Å²) in [6, 6.07) is 6.94. The average Bonchev–Trinajstić information content (AvgIpc) is 3.21. The first-order valence-corrected chi connectivity index (χ1v) is 11.7. The lowest BCUT2D eigenvalue weighted by atomic mass is 9.98. The number of β-amino-alcohol motifs (C(OH)–C–C–N with tert-alkyl or cyclic N) is 1. The molecule has 2 aromatic rings. The molecule has 0 aliphatic carbocycles. The average molecular weight is 500 g/mol. The maximum atomic E-state index is 13.8. The van der Waals surface area contributed by atoms with E-state index in [1.165, 1.54) is 6.07 Å². The molecule has 5 nitrogen and oxygen atoms in total. The highest BCUT2D eigenvalue weighted by Gasteiger charge is 2.27. The van der Waals surface area contributed by atoms with Gasteiger partial charge in [-0.25, -0.2) is 13.2 Å². The van der Waals surface area contributed by atoms with Gasteiger partial charge in [0.05, 0.1) is 23.8 Å². The second-order valence-corrected chi connectivity index (χ2v) is 9.14. The van der Waals surface area contributed by atoms with Gasteiger partial charge in [0.2, 0.25) is 0 Å². The fraction of sp³-hybridized carbons (Fsp3) is 0.480. The molecule has 2 N–H and O–H groups in total. The number of nitrogens with zero attached hydrogens (tertiary/aromatic N) is 1. The Hall–Kier alpha value is -2.13. The molecule has 0 saturated carbocycles. The zero-order valence-corrected chi connectivity index (χ0v) is 19.7. The van der Waals surface area contributed by atoms with Crippen molar-refractivity contribution in [2.75, 3.05) is 19.7 Å². The Kier molecular flexibility index (Phi) is 9.36. The van der Waals surface area contributed by atoms with E-state index in [1.54, 1.807) is 19.1 Å². The number of carboxylic acids is 1. The summed E-state index contributed by atoms with van der Waals surface area (Å²) >= 11 is 5.76. The van der Waals surface area contributed by atoms with Gasteiger partial charge >= 0.3 is 5.97 Å². The van der Waals surface area contributed by atoms with Crippen LogP contribution in [0.3, 0.4) is 0 Å². The molecule has 34 heavy (non-hydrogen) atoms. The summed E-state index contributed by atoms with van der Waals surface area (Å²) in [6.45, 7) is 2.78. The van der Waals surface area contributed by atoms with Gasteiger partial charge in [-0.2, -0.15) is 0 Å². The van der Waals surface area contributed by atoms with Crippen LogP contribution < -0.4 is 0 Å². The number of hydrogen-bond acceptors (Lipinski definition) is 4. The molecule has 1 aliphatic rings. The lowest BCUT2D eigenvalue weighted by Crippen LogP contribution is -2.39. The van der Waals surface area contributed by atoms with E-state index < -0.39 is 35.6 Å². The number of carbonyl (C=O) groups is 1. The largest absolute Gasteiger partial charge is 0.481 e. The van der Waals surface area contributed by atoms with Crippen LogP contribution in [0.4, 0.5) is 13.2 Å². The molecule has 0 spiro atoms. The number of benzene rings is 2. The first-order chi connectivity index (χ1) is 16.1. The van der Waals surface area contributed by atoms with Crippen molar-refractivity contribution < 1.29 is 32.9 Å². The quantitative estimate of drug-likeness (QED) is 0.459. The van der Waals surface area contributed by atoms with Gasteiger partial charge in [0, 0.05) is 19.0 Å². The second kappa shape index (κ2) is 12.0. The van der Waals surface area contributed by atoms with Crippen LogP contribution in [0.5, 0.6) is 0 Å². The Morgan fingerprint density at radius 1 is 1.21 bits per heavy atom. The van der Waals surface area contributed by atoms with Crippen molar-refractivity contribution in [3.8, 4) is 0 Å². The van der Waals surface area contributed by atoms with Crippen LogP contribution in [0.15, 0.2) is 30.3 Å². The number of carboxylic acid groups (broad SMARTS) is 1. The Bertz CT molecular complexity index is 1010. The Morgan fingerprint density at radius 2 is 1.94 bits per heavy atom. The van der Waals surface area contributed by atoms with Gasteiger partial charge in [0.15, 0.2) is 11.6 Å². The van der Waals surface area contributed by atoms with E-state index in [1.807, 2.05) is 0 Å². The van der Waals surface area contributed by atoms with Crippen LogP contribution in [0.25, 0.3) is 0 Å². The smallest absolute Gasteiger partial charge is 0.303 e. The highest BCUT2D eigenvalue weighted by Crippen LogP contribution is 2.27. The molecule has 0 aromatic heterocycles. The van der Waals surface area contributed by atoms with Crippen LogP contribution in [0, 0.1) is 17.5 Å². The lowest BCUT2D eigenvalue weighted by molar-refractivity contribution is -0.136. The van der Waals surface area contributed by atoms with E-state index in [-0.39, 0.29) is 30.5 Å². The molecule has 0 amide bonds. The molecule has 0 bridgehead atoms. The lowest BCUT2D eigenvalue weighted by Gasteiger charge is -2.27. The van der Waals surface area contributed by atoms with Gasteiger partial charge in [-0.05, 0) is 80.1 Å². The van der Waals surface area contributed by atoms with Crippen molar-refractivity contribution in [3.63, 3.8) is 0 Å². The summed E-state index contributed by atoms with van der Waals surface area (Å²) in [5, 5.41) is 19.6. The molecule has 3 rings (SSSR count). The maximum Gasteiger partial charge on any atom is 0.303 e. The maximum absolute atomic E-state index is 13.8. The molecular weight excluding hydrogens is 471 g/mol. The highest BCUT2D eigenvalue weighted by atomic mass is 35.5. The molecular formula is C25H29ClF3NO4. The molecule has 1 saturated heterocycles. The minimum atomic E-state index is -1.04. The number of likely N-dealkylation sites (tertiary alicyclic amines) is 1. The predicted molar refractivity (Wildman–Crippen MR) is 122 cm³/mol. The van der Waals surface area contributed by atoms with Crippen molar-refractivity contribution in [3.05, 3.63) is 69.5 Å². The Morgan fingerprint density at radius 3 is 2.65 bits per heavy atom. The number of hydrogen-bond donors (Lipinski definition) is 2. The minimum absolute atomic E-state index is 0.0304. The van der Waals surface area contributed by atoms with Crippen molar-refractivity contribution >= 4 is 17.6 Å². The summed E-state index contributed by atoms with van der Waals surface area (Å²) in [5.41, 5.74) is 1.56. The standard InChI is InChI=1S/C25H29ClF3NO4/c1-15(20-12-24(29)23(28)11-17(20)5-7-25(32)33)34-14-19(31)13-30-8-2-3-18(30)9-16-4-6-21(26)22(27)10-16/h4,6,10-12,15,18-19,31H,2-3,5,7-9,13-14H2,1H3,(H,32,33)/t15-,18+,19-/m1/s1. The van der Waals surface area contributed by atoms with Gasteiger partial charge in [-0.3, -0.25) is 9.69 Å². The minimum Gasteiger partial charge on any atom is -0.481 e. The highest BCUT2D eigenvalue weighted by molar-refractivity contribution is 6.30. The normalized spacial score (nSPS) is 18.2. The fourth-order valence-electron chi connectivity index (χ4n) is 4.41. The van der Waals surface area contributed by atoms with E-state index in [9.17, 15) is 23.1 Å². The summed E-state index contributed by atoms with van der Waals surface area (Å²) in [4.78, 5) is 13.0. The zero-order valence-electron chi connectivity index (χ0n) is 18.9.